The van der Waals surface area contributed by atoms with E-state index in [9.17, 15) is 0 Å². The summed E-state index contributed by atoms with van der Waals surface area (Å²) in [4.78, 5) is 8.69. The fraction of sp³-hybridized carbons (Fsp3) is 0.314. The summed E-state index contributed by atoms with van der Waals surface area (Å²) in [5, 5.41) is 0.982. The minimum atomic E-state index is -0.355. The van der Waals surface area contributed by atoms with Crippen LogP contribution < -0.4 is 19.6 Å². The van der Waals surface area contributed by atoms with Crippen molar-refractivity contribution in [2.45, 2.75) is 9.49 Å². The molecule has 0 N–H and O–H groups in total. The zero-order valence-corrected chi connectivity index (χ0v) is 27.2. The number of nitrogens with zero attached hydrogens (tertiary/aromatic N) is 4. The molecule has 1 aliphatic rings. The highest BCUT2D eigenvalue weighted by Crippen LogP contribution is 2.70. The zero-order valence-electron chi connectivity index (χ0n) is 25.6. The highest BCUT2D eigenvalue weighted by molar-refractivity contribution is 8.20. The second-order valence-electron chi connectivity index (χ2n) is 11.5. The topological polar surface area (TPSA) is 13.0 Å². The Morgan fingerprint density at radius 2 is 0.561 bits per heavy atom. The van der Waals surface area contributed by atoms with Crippen molar-refractivity contribution in [3.8, 4) is 0 Å². The molecule has 0 spiro atoms. The molecule has 1 heterocycles. The summed E-state index contributed by atoms with van der Waals surface area (Å²) in [6.45, 7) is 0. The standard InChI is InChI=1S/C35H42N4S2/c1-36(2)30-17-9-26(10-18-30)34(27-11-19-31(20-12-27)37(3)4)35(41-25-40-34,28-13-21-32(22-14-28)38(5)6)29-15-23-33(24-16-29)39(7)8/h9-24H,25H2,1-8H3. The molecule has 0 amide bonds. The van der Waals surface area contributed by atoms with Crippen LogP contribution in [-0.2, 0) is 9.49 Å². The van der Waals surface area contributed by atoms with Gasteiger partial charge in [0.25, 0.3) is 0 Å². The van der Waals surface area contributed by atoms with E-state index >= 15 is 0 Å². The van der Waals surface area contributed by atoms with Crippen molar-refractivity contribution >= 4 is 46.3 Å². The second-order valence-corrected chi connectivity index (χ2v) is 14.3. The van der Waals surface area contributed by atoms with Gasteiger partial charge in [0.15, 0.2) is 0 Å². The molecule has 41 heavy (non-hydrogen) atoms. The van der Waals surface area contributed by atoms with E-state index in [0.29, 0.717) is 0 Å². The van der Waals surface area contributed by atoms with Crippen LogP contribution in [0.2, 0.25) is 0 Å². The Balaban J connectivity index is 1.84. The molecule has 4 aromatic carbocycles. The van der Waals surface area contributed by atoms with E-state index in [1.807, 2.05) is 0 Å². The van der Waals surface area contributed by atoms with Crippen molar-refractivity contribution in [1.82, 2.24) is 0 Å². The predicted octanol–water partition coefficient (Wildman–Crippen LogP) is 7.58. The molecule has 1 saturated heterocycles. The monoisotopic (exact) mass is 582 g/mol. The van der Waals surface area contributed by atoms with E-state index in [1.54, 1.807) is 0 Å². The van der Waals surface area contributed by atoms with Crippen molar-refractivity contribution in [1.29, 1.82) is 0 Å². The fourth-order valence-corrected chi connectivity index (χ4v) is 9.96. The van der Waals surface area contributed by atoms with Gasteiger partial charge in [-0.1, -0.05) is 48.5 Å². The third kappa shape index (κ3) is 5.06. The summed E-state index contributed by atoms with van der Waals surface area (Å²) in [6.07, 6.45) is 0. The predicted molar refractivity (Wildman–Crippen MR) is 185 cm³/mol. The SMILES string of the molecule is CN(C)c1ccc(C2(c3ccc(N(C)C)cc3)SCSC2(c2ccc(N(C)C)cc2)c2ccc(N(C)C)cc2)cc1. The van der Waals surface area contributed by atoms with Gasteiger partial charge in [0.05, 0.1) is 9.49 Å². The highest BCUT2D eigenvalue weighted by Gasteiger charge is 2.60. The van der Waals surface area contributed by atoms with Crippen LogP contribution in [0.3, 0.4) is 0 Å². The van der Waals surface area contributed by atoms with Gasteiger partial charge in [-0.25, -0.2) is 0 Å². The van der Waals surface area contributed by atoms with Gasteiger partial charge in [-0.05, 0) is 70.8 Å². The molecule has 0 bridgehead atoms. The molecule has 0 radical (unpaired) electrons. The maximum atomic E-state index is 2.35. The molecule has 0 unspecified atom stereocenters. The Kier molecular flexibility index (Phi) is 8.27. The quantitative estimate of drug-likeness (QED) is 0.211. The van der Waals surface area contributed by atoms with Crippen LogP contribution >= 0.6 is 23.5 Å². The number of thioether (sulfide) groups is 2. The normalized spacial score (nSPS) is 15.4. The molecule has 1 fully saturated rings. The van der Waals surface area contributed by atoms with Crippen LogP contribution in [0.15, 0.2) is 97.1 Å². The molecule has 5 rings (SSSR count). The van der Waals surface area contributed by atoms with Crippen molar-refractivity contribution in [2.24, 2.45) is 0 Å². The zero-order chi connectivity index (χ0) is 29.4. The first kappa shape index (κ1) is 29.3. The van der Waals surface area contributed by atoms with Gasteiger partial charge in [-0.15, -0.1) is 23.5 Å². The first-order valence-corrected chi connectivity index (χ1v) is 16.0. The number of rotatable bonds is 8. The van der Waals surface area contributed by atoms with Gasteiger partial charge in [0, 0.05) is 84.2 Å². The lowest BCUT2D eigenvalue weighted by Crippen LogP contribution is -2.43. The minimum Gasteiger partial charge on any atom is -0.378 e. The van der Waals surface area contributed by atoms with Crippen LogP contribution in [0.25, 0.3) is 0 Å². The summed E-state index contributed by atoms with van der Waals surface area (Å²) in [6, 6.07) is 37.0. The number of benzene rings is 4. The van der Waals surface area contributed by atoms with Gasteiger partial charge in [-0.2, -0.15) is 0 Å². The maximum absolute atomic E-state index is 2.35. The largest absolute Gasteiger partial charge is 0.378 e. The number of hydrogen-bond acceptors (Lipinski definition) is 6. The molecule has 0 saturated carbocycles. The Morgan fingerprint density at radius 1 is 0.366 bits per heavy atom. The van der Waals surface area contributed by atoms with Crippen LogP contribution in [0.5, 0.6) is 0 Å². The molecule has 4 nitrogen and oxygen atoms in total. The van der Waals surface area contributed by atoms with E-state index in [1.165, 1.54) is 45.0 Å². The molecule has 214 valence electrons. The Morgan fingerprint density at radius 3 is 0.732 bits per heavy atom. The van der Waals surface area contributed by atoms with Gasteiger partial charge in [-0.3, -0.25) is 0 Å². The van der Waals surface area contributed by atoms with Crippen molar-refractivity contribution in [2.75, 3.05) is 81.1 Å². The summed E-state index contributed by atoms with van der Waals surface area (Å²) in [5.74, 6) is 0. The van der Waals surface area contributed by atoms with E-state index in [0.717, 1.165) is 5.08 Å². The van der Waals surface area contributed by atoms with Gasteiger partial charge >= 0.3 is 0 Å². The van der Waals surface area contributed by atoms with E-state index in [4.69, 9.17) is 0 Å². The summed E-state index contributed by atoms with van der Waals surface area (Å²) >= 11 is 4.11. The Bertz CT molecular complexity index is 1230. The Labute approximate surface area is 255 Å². The first-order chi connectivity index (χ1) is 19.6. The van der Waals surface area contributed by atoms with E-state index < -0.39 is 0 Å². The maximum Gasteiger partial charge on any atom is 0.0894 e. The lowest BCUT2D eigenvalue weighted by atomic mass is 9.71. The summed E-state index contributed by atoms with van der Waals surface area (Å²) in [7, 11) is 16.8. The smallest absolute Gasteiger partial charge is 0.0894 e. The molecule has 0 atom stereocenters. The third-order valence-electron chi connectivity index (χ3n) is 8.21. The first-order valence-electron chi connectivity index (χ1n) is 14.0. The summed E-state index contributed by atoms with van der Waals surface area (Å²) in [5.41, 5.74) is 10.1. The van der Waals surface area contributed by atoms with Crippen LogP contribution in [0, 0.1) is 0 Å². The van der Waals surface area contributed by atoms with Crippen LogP contribution in [-0.4, -0.2) is 61.5 Å². The average molecular weight is 583 g/mol. The summed E-state index contributed by atoms with van der Waals surface area (Å²) < 4.78 is -0.709. The number of hydrogen-bond donors (Lipinski definition) is 0. The lowest BCUT2D eigenvalue weighted by Gasteiger charge is -2.46. The highest BCUT2D eigenvalue weighted by atomic mass is 32.2. The van der Waals surface area contributed by atoms with Gasteiger partial charge in [0.1, 0.15) is 0 Å². The molecule has 4 aromatic rings. The van der Waals surface area contributed by atoms with Crippen molar-refractivity contribution in [3.63, 3.8) is 0 Å². The minimum absolute atomic E-state index is 0.355. The lowest BCUT2D eigenvalue weighted by molar-refractivity contribution is 0.593. The van der Waals surface area contributed by atoms with Gasteiger partial charge < -0.3 is 19.6 Å². The van der Waals surface area contributed by atoms with E-state index in [-0.39, 0.29) is 9.49 Å². The fourth-order valence-electron chi connectivity index (χ4n) is 5.87. The van der Waals surface area contributed by atoms with Crippen molar-refractivity contribution < 1.29 is 0 Å². The van der Waals surface area contributed by atoms with Crippen LogP contribution in [0.1, 0.15) is 22.3 Å². The average Bonchev–Trinajstić information content (AvgIpc) is 3.39. The molecule has 0 aromatic heterocycles. The van der Waals surface area contributed by atoms with Crippen LogP contribution in [0.4, 0.5) is 22.7 Å². The molecule has 0 aliphatic carbocycles. The molecule has 1 aliphatic heterocycles. The number of anilines is 4. The molecular weight excluding hydrogens is 541 g/mol. The Hall–Kier alpha value is -3.22. The van der Waals surface area contributed by atoms with E-state index in [2.05, 4.69) is 197 Å². The molecular formula is C35H42N4S2. The third-order valence-corrected chi connectivity index (χ3v) is 11.7. The van der Waals surface area contributed by atoms with Gasteiger partial charge in [0.2, 0.25) is 0 Å². The second kappa shape index (κ2) is 11.6. The molecule has 6 heteroatoms. The van der Waals surface area contributed by atoms with Crippen molar-refractivity contribution in [3.05, 3.63) is 119 Å².